The zero-order valence-electron chi connectivity index (χ0n) is 15.4. The van der Waals surface area contributed by atoms with Gasteiger partial charge in [-0.2, -0.15) is 0 Å². The molecule has 0 spiro atoms. The maximum absolute atomic E-state index is 12.4. The molecule has 0 saturated heterocycles. The highest BCUT2D eigenvalue weighted by atomic mass is 32.2. The van der Waals surface area contributed by atoms with Crippen molar-refractivity contribution < 1.29 is 22.7 Å². The van der Waals surface area contributed by atoms with E-state index in [0.717, 1.165) is 16.1 Å². The lowest BCUT2D eigenvalue weighted by atomic mass is 10.2. The molecular weight excluding hydrogens is 368 g/mol. The molecule has 7 nitrogen and oxygen atoms in total. The minimum atomic E-state index is -3.82. The van der Waals surface area contributed by atoms with Crippen LogP contribution in [0.5, 0.6) is 0 Å². The van der Waals surface area contributed by atoms with Gasteiger partial charge in [-0.25, -0.2) is 13.2 Å². The maximum Gasteiger partial charge on any atom is 0.340 e. The SMILES string of the molecule is CCOC(=O)c1ccccc1N(CC(=O)Nc1ccc(C)cc1)S(C)(=O)=O. The summed E-state index contributed by atoms with van der Waals surface area (Å²) in [4.78, 5) is 24.6. The number of hydrogen-bond donors (Lipinski definition) is 1. The van der Waals surface area contributed by atoms with E-state index in [-0.39, 0.29) is 17.9 Å². The Bertz CT molecular complexity index is 923. The molecule has 0 fully saturated rings. The van der Waals surface area contributed by atoms with Crippen molar-refractivity contribution >= 4 is 33.3 Å². The van der Waals surface area contributed by atoms with Gasteiger partial charge in [-0.15, -0.1) is 0 Å². The van der Waals surface area contributed by atoms with Crippen LogP contribution in [-0.4, -0.2) is 39.7 Å². The van der Waals surface area contributed by atoms with Crippen molar-refractivity contribution in [2.45, 2.75) is 13.8 Å². The first-order valence-electron chi connectivity index (χ1n) is 8.32. The summed E-state index contributed by atoms with van der Waals surface area (Å²) in [7, 11) is -3.82. The van der Waals surface area contributed by atoms with E-state index in [9.17, 15) is 18.0 Å². The number of ether oxygens (including phenoxy) is 1. The third-order valence-corrected chi connectivity index (χ3v) is 4.82. The smallest absolute Gasteiger partial charge is 0.340 e. The van der Waals surface area contributed by atoms with Crippen molar-refractivity contribution in [3.63, 3.8) is 0 Å². The van der Waals surface area contributed by atoms with Crippen LogP contribution in [0.3, 0.4) is 0 Å². The molecule has 0 bridgehead atoms. The molecule has 2 aromatic rings. The van der Waals surface area contributed by atoms with E-state index < -0.39 is 28.4 Å². The minimum Gasteiger partial charge on any atom is -0.462 e. The van der Waals surface area contributed by atoms with Gasteiger partial charge in [0.05, 0.1) is 24.1 Å². The average Bonchev–Trinajstić information content (AvgIpc) is 2.61. The second kappa shape index (κ2) is 8.68. The first kappa shape index (κ1) is 20.4. The quantitative estimate of drug-likeness (QED) is 0.734. The normalized spacial score (nSPS) is 10.9. The number of esters is 1. The second-order valence-corrected chi connectivity index (χ2v) is 7.83. The standard InChI is InChI=1S/C19H22N2O5S/c1-4-26-19(23)16-7-5-6-8-17(16)21(27(3,24)25)13-18(22)20-15-11-9-14(2)10-12-15/h5-12H,4,13H2,1-3H3,(H,20,22). The summed E-state index contributed by atoms with van der Waals surface area (Å²) in [5.74, 6) is -1.18. The fourth-order valence-corrected chi connectivity index (χ4v) is 3.29. The van der Waals surface area contributed by atoms with Crippen LogP contribution < -0.4 is 9.62 Å². The second-order valence-electron chi connectivity index (χ2n) is 5.92. The molecule has 0 aliphatic carbocycles. The van der Waals surface area contributed by atoms with Crippen molar-refractivity contribution in [2.75, 3.05) is 29.0 Å². The predicted octanol–water partition coefficient (Wildman–Crippen LogP) is 2.58. The number of para-hydroxylation sites is 1. The number of nitrogens with one attached hydrogen (secondary N) is 1. The Morgan fingerprint density at radius 3 is 2.30 bits per heavy atom. The van der Waals surface area contributed by atoms with Gasteiger partial charge in [0.1, 0.15) is 6.54 Å². The van der Waals surface area contributed by atoms with Gasteiger partial charge in [-0.3, -0.25) is 9.10 Å². The van der Waals surface area contributed by atoms with E-state index in [1.165, 1.54) is 12.1 Å². The zero-order chi connectivity index (χ0) is 20.0. The molecule has 27 heavy (non-hydrogen) atoms. The number of benzene rings is 2. The Hall–Kier alpha value is -2.87. The van der Waals surface area contributed by atoms with Gasteiger partial charge in [0.25, 0.3) is 0 Å². The van der Waals surface area contributed by atoms with Gasteiger partial charge in [0.2, 0.25) is 15.9 Å². The Morgan fingerprint density at radius 2 is 1.70 bits per heavy atom. The molecule has 0 heterocycles. The van der Waals surface area contributed by atoms with Crippen LogP contribution in [0.2, 0.25) is 0 Å². The fraction of sp³-hybridized carbons (Fsp3) is 0.263. The third-order valence-electron chi connectivity index (χ3n) is 3.69. The van der Waals surface area contributed by atoms with Crippen molar-refractivity contribution in [3.05, 3.63) is 59.7 Å². The van der Waals surface area contributed by atoms with E-state index >= 15 is 0 Å². The number of rotatable bonds is 7. The molecule has 0 aliphatic heterocycles. The van der Waals surface area contributed by atoms with Gasteiger partial charge in [0.15, 0.2) is 0 Å². The van der Waals surface area contributed by atoms with Crippen molar-refractivity contribution in [1.29, 1.82) is 0 Å². The average molecular weight is 390 g/mol. The molecule has 0 atom stereocenters. The van der Waals surface area contributed by atoms with E-state index in [1.807, 2.05) is 19.1 Å². The third kappa shape index (κ3) is 5.55. The van der Waals surface area contributed by atoms with Crippen LogP contribution in [0.25, 0.3) is 0 Å². The summed E-state index contributed by atoms with van der Waals surface area (Å²) in [5.41, 5.74) is 1.76. The summed E-state index contributed by atoms with van der Waals surface area (Å²) in [6, 6.07) is 13.2. The number of nitrogens with zero attached hydrogens (tertiary/aromatic N) is 1. The Kier molecular flexibility index (Phi) is 6.57. The van der Waals surface area contributed by atoms with Crippen molar-refractivity contribution in [1.82, 2.24) is 0 Å². The molecule has 2 aromatic carbocycles. The number of anilines is 2. The van der Waals surface area contributed by atoms with Gasteiger partial charge < -0.3 is 10.1 Å². The molecule has 1 N–H and O–H groups in total. The maximum atomic E-state index is 12.4. The summed E-state index contributed by atoms with van der Waals surface area (Å²) in [6.07, 6.45) is 0.980. The number of carbonyl (C=O) groups is 2. The number of aryl methyl sites for hydroxylation is 1. The van der Waals surface area contributed by atoms with E-state index in [4.69, 9.17) is 4.74 Å². The van der Waals surface area contributed by atoms with Crippen LogP contribution in [0.15, 0.2) is 48.5 Å². The monoisotopic (exact) mass is 390 g/mol. The van der Waals surface area contributed by atoms with Crippen LogP contribution in [0, 0.1) is 6.92 Å². The molecular formula is C19H22N2O5S. The first-order valence-corrected chi connectivity index (χ1v) is 10.2. The molecule has 0 aromatic heterocycles. The predicted molar refractivity (Wildman–Crippen MR) is 104 cm³/mol. The largest absolute Gasteiger partial charge is 0.462 e. The first-order chi connectivity index (χ1) is 12.7. The molecule has 8 heteroatoms. The Labute approximate surface area is 159 Å². The molecule has 1 amide bonds. The van der Waals surface area contributed by atoms with Gasteiger partial charge in [0, 0.05) is 5.69 Å². The lowest BCUT2D eigenvalue weighted by molar-refractivity contribution is -0.114. The van der Waals surface area contributed by atoms with E-state index in [0.29, 0.717) is 5.69 Å². The van der Waals surface area contributed by atoms with Gasteiger partial charge in [-0.05, 0) is 38.1 Å². The van der Waals surface area contributed by atoms with E-state index in [2.05, 4.69) is 5.32 Å². The number of sulfonamides is 1. The Morgan fingerprint density at radius 1 is 1.07 bits per heavy atom. The molecule has 0 aliphatic rings. The van der Waals surface area contributed by atoms with Crippen LogP contribution in [0.4, 0.5) is 11.4 Å². The number of hydrogen-bond acceptors (Lipinski definition) is 5. The van der Waals surface area contributed by atoms with Crippen LogP contribution in [-0.2, 0) is 19.6 Å². The molecule has 0 unspecified atom stereocenters. The highest BCUT2D eigenvalue weighted by molar-refractivity contribution is 7.92. The zero-order valence-corrected chi connectivity index (χ0v) is 16.2. The van der Waals surface area contributed by atoms with Crippen LogP contribution in [0.1, 0.15) is 22.8 Å². The fourth-order valence-electron chi connectivity index (χ4n) is 2.42. The number of amides is 1. The van der Waals surface area contributed by atoms with Gasteiger partial charge in [-0.1, -0.05) is 29.8 Å². The summed E-state index contributed by atoms with van der Waals surface area (Å²) in [6.45, 7) is 3.26. The summed E-state index contributed by atoms with van der Waals surface area (Å²) < 4.78 is 30.5. The summed E-state index contributed by atoms with van der Waals surface area (Å²) in [5, 5.41) is 2.65. The van der Waals surface area contributed by atoms with Crippen molar-refractivity contribution in [2.24, 2.45) is 0 Å². The van der Waals surface area contributed by atoms with E-state index in [1.54, 1.807) is 31.2 Å². The highest BCUT2D eigenvalue weighted by Gasteiger charge is 2.25. The lowest BCUT2D eigenvalue weighted by Crippen LogP contribution is -2.38. The van der Waals surface area contributed by atoms with Gasteiger partial charge >= 0.3 is 5.97 Å². The number of carbonyl (C=O) groups excluding carboxylic acids is 2. The molecule has 2 rings (SSSR count). The van der Waals surface area contributed by atoms with Crippen molar-refractivity contribution in [3.8, 4) is 0 Å². The molecule has 0 saturated carbocycles. The summed E-state index contributed by atoms with van der Waals surface area (Å²) >= 11 is 0. The Balaban J connectivity index is 2.30. The topological polar surface area (TPSA) is 92.8 Å². The van der Waals surface area contributed by atoms with Crippen LogP contribution >= 0.6 is 0 Å². The lowest BCUT2D eigenvalue weighted by Gasteiger charge is -2.23. The minimum absolute atomic E-state index is 0.0768. The molecule has 0 radical (unpaired) electrons. The highest BCUT2D eigenvalue weighted by Crippen LogP contribution is 2.24. The molecule has 144 valence electrons.